The molecule has 9 atom stereocenters. The van der Waals surface area contributed by atoms with Crippen molar-refractivity contribution in [2.24, 2.45) is 34.2 Å². The van der Waals surface area contributed by atoms with Crippen LogP contribution in [0.2, 0.25) is 0 Å². The summed E-state index contributed by atoms with van der Waals surface area (Å²) >= 11 is 0. The van der Waals surface area contributed by atoms with E-state index in [-0.39, 0.29) is 49.3 Å². The van der Waals surface area contributed by atoms with Gasteiger partial charge in [-0.2, -0.15) is 0 Å². The Morgan fingerprint density at radius 3 is 2.01 bits per heavy atom. The number of carboxylic acid groups (broad SMARTS) is 2. The highest BCUT2D eigenvalue weighted by Crippen LogP contribution is 2.19. The molecule has 23 heteroatoms. The van der Waals surface area contributed by atoms with Crippen LogP contribution in [0.1, 0.15) is 99.5 Å². The van der Waals surface area contributed by atoms with Gasteiger partial charge in [-0.3, -0.25) is 43.3 Å². The fourth-order valence-electron chi connectivity index (χ4n) is 7.33. The topological polar surface area (TPSA) is 369 Å². The van der Waals surface area contributed by atoms with E-state index in [1.54, 1.807) is 26.8 Å². The average Bonchev–Trinajstić information content (AvgIpc) is 3.29. The Kier molecular flexibility index (Phi) is 25.4. The minimum Gasteiger partial charge on any atom is -0.480 e. The number of guanidine groups is 1. The highest BCUT2D eigenvalue weighted by atomic mass is 16.5. The maximum atomic E-state index is 14.3. The fourth-order valence-corrected chi connectivity index (χ4v) is 7.33. The van der Waals surface area contributed by atoms with E-state index in [1.165, 1.54) is 39.8 Å². The quantitative estimate of drug-likeness (QED) is 0.0282. The summed E-state index contributed by atoms with van der Waals surface area (Å²) in [4.78, 5) is 136. The Morgan fingerprint density at radius 2 is 1.43 bits per heavy atom. The van der Waals surface area contributed by atoms with Crippen molar-refractivity contribution in [2.75, 3.05) is 6.54 Å². The molecule has 7 amide bonds. The molecule has 0 radical (unpaired) electrons. The lowest BCUT2D eigenvalue weighted by atomic mass is 9.94. The molecule has 1 aliphatic rings. The largest absolute Gasteiger partial charge is 0.480 e. The van der Waals surface area contributed by atoms with Crippen LogP contribution in [0.5, 0.6) is 0 Å². The zero-order valence-corrected chi connectivity index (χ0v) is 42.1. The second-order valence-corrected chi connectivity index (χ2v) is 18.0. The maximum Gasteiger partial charge on any atom is 0.326 e. The van der Waals surface area contributed by atoms with Gasteiger partial charge in [-0.05, 0) is 57.9 Å². The minimum atomic E-state index is -1.87. The smallest absolute Gasteiger partial charge is 0.326 e. The summed E-state index contributed by atoms with van der Waals surface area (Å²) in [5.41, 5.74) is 12.2. The summed E-state index contributed by atoms with van der Waals surface area (Å²) in [5, 5.41) is 37.5. The number of benzene rings is 1. The molecule has 0 spiro atoms. The maximum absolute atomic E-state index is 14.3. The molecule has 0 unspecified atom stereocenters. The first-order valence-electron chi connectivity index (χ1n) is 23.7. The standard InChI is InChI=1S/C49H72N10O13/c1-9-33-44(65)53-30(7)43(64)58-37(22-26(2)3)46(67)59-38(48(70)71)25-41(62)55-35(16-13-21-52-49(50)51)45(66)56-34(29(6)42(63)57-36(47(68)69)19-20-40(61)54-33)18-17-27(4)23-28(5)39(72-31(8)60)24-32-14-11-10-12-15-32/h9-12,14-15,17-18,23,26,28-30,34-39H,13,16,19-22,24-25H2,1-8H3,(H,53,65)(H,54,61)(H,55,62)(H,56,66)(H,57,63)(H,58,64)(H,59,67)(H,68,69)(H,70,71)(H4,50,51,52)/b18-17+,27-23+,33-9?/t28-,29-,30+,34-,35-,36+,37-,38+,39-/m0/s1. The molecule has 396 valence electrons. The van der Waals surface area contributed by atoms with Crippen molar-refractivity contribution in [2.45, 2.75) is 143 Å². The van der Waals surface area contributed by atoms with Crippen molar-refractivity contribution < 1.29 is 62.9 Å². The van der Waals surface area contributed by atoms with Crippen molar-refractivity contribution in [1.29, 1.82) is 0 Å². The summed E-state index contributed by atoms with van der Waals surface area (Å²) in [6, 6.07) is 0.566. The molecule has 0 aromatic heterocycles. The summed E-state index contributed by atoms with van der Waals surface area (Å²) in [5.74, 6) is -11.9. The second kappa shape index (κ2) is 30.2. The molecule has 1 fully saturated rings. The number of carbonyl (C=O) groups excluding carboxylic acids is 8. The normalized spacial score (nSPS) is 24.4. The molecule has 1 aliphatic heterocycles. The number of carboxylic acids is 2. The molecule has 1 aromatic rings. The molecule has 0 saturated carbocycles. The molecule has 72 heavy (non-hydrogen) atoms. The van der Waals surface area contributed by atoms with E-state index in [0.717, 1.165) is 5.56 Å². The van der Waals surface area contributed by atoms with E-state index in [2.05, 4.69) is 42.2 Å². The van der Waals surface area contributed by atoms with E-state index < -0.39 is 127 Å². The Morgan fingerprint density at radius 1 is 0.806 bits per heavy atom. The highest BCUT2D eigenvalue weighted by molar-refractivity contribution is 6.00. The lowest BCUT2D eigenvalue weighted by Crippen LogP contribution is -2.57. The molecule has 1 aromatic carbocycles. The average molecular weight is 1010 g/mol. The van der Waals surface area contributed by atoms with Crippen molar-refractivity contribution in [1.82, 2.24) is 37.2 Å². The third kappa shape index (κ3) is 22.0. The second-order valence-electron chi connectivity index (χ2n) is 18.0. The number of rotatable bonds is 15. The van der Waals surface area contributed by atoms with Gasteiger partial charge in [0.2, 0.25) is 35.4 Å². The van der Waals surface area contributed by atoms with Gasteiger partial charge in [-0.1, -0.05) is 87.9 Å². The number of hydrogen-bond donors (Lipinski definition) is 11. The predicted molar refractivity (Wildman–Crippen MR) is 265 cm³/mol. The number of nitrogens with zero attached hydrogens (tertiary/aromatic N) is 1. The van der Waals surface area contributed by atoms with Crippen molar-refractivity contribution >= 4 is 65.2 Å². The number of allylic oxidation sites excluding steroid dienone is 3. The predicted octanol–water partition coefficient (Wildman–Crippen LogP) is 0.337. The Labute approximate surface area is 419 Å². The van der Waals surface area contributed by atoms with Crippen LogP contribution in [0.15, 0.2) is 70.9 Å². The molecule has 1 heterocycles. The number of aliphatic imine (C=N–C) groups is 1. The van der Waals surface area contributed by atoms with Gasteiger partial charge in [0.05, 0.1) is 18.4 Å². The van der Waals surface area contributed by atoms with Crippen LogP contribution in [0.25, 0.3) is 0 Å². The SMILES string of the molecule is CC=C1NC(=O)CC[C@H](C(=O)O)NC(=O)[C@@H](C)[C@H](/C=C/C(C)=C/[C@H](C)[C@H](Cc2ccccc2)OC(C)=O)NC(=O)[C@H](CCCN=C(N)N)NC(=O)C[C@H](C(=O)O)NC(=O)[C@H](CC(C)C)NC(=O)[C@@H](C)NC1=O. The van der Waals surface area contributed by atoms with Crippen LogP contribution >= 0.6 is 0 Å². The van der Waals surface area contributed by atoms with E-state index in [9.17, 15) is 58.2 Å². The third-order valence-corrected chi connectivity index (χ3v) is 11.3. The zero-order chi connectivity index (χ0) is 54.2. The van der Waals surface area contributed by atoms with Crippen LogP contribution < -0.4 is 48.7 Å². The van der Waals surface area contributed by atoms with Crippen LogP contribution in [-0.2, 0) is 59.1 Å². The Balaban J connectivity index is 2.71. The minimum absolute atomic E-state index is 0.00508. The molecule has 2 rings (SSSR count). The van der Waals surface area contributed by atoms with Crippen LogP contribution in [0.3, 0.4) is 0 Å². The van der Waals surface area contributed by atoms with Gasteiger partial charge in [0.1, 0.15) is 42.0 Å². The number of ether oxygens (including phenoxy) is 1. The summed E-state index contributed by atoms with van der Waals surface area (Å²) in [7, 11) is 0. The van der Waals surface area contributed by atoms with Gasteiger partial charge in [-0.25, -0.2) is 9.59 Å². The van der Waals surface area contributed by atoms with Gasteiger partial charge in [0, 0.05) is 32.2 Å². The Hall–Kier alpha value is -7.59. The molecule has 1 saturated heterocycles. The molecule has 0 aliphatic carbocycles. The van der Waals surface area contributed by atoms with Gasteiger partial charge in [0.15, 0.2) is 5.96 Å². The number of carbonyl (C=O) groups is 10. The Bertz CT molecular complexity index is 2220. The number of esters is 1. The van der Waals surface area contributed by atoms with Gasteiger partial charge in [-0.15, -0.1) is 0 Å². The molecular weight excluding hydrogens is 937 g/mol. The van der Waals surface area contributed by atoms with Crippen molar-refractivity contribution in [3.05, 3.63) is 71.5 Å². The van der Waals surface area contributed by atoms with Crippen LogP contribution in [0, 0.1) is 17.8 Å². The number of nitrogens with two attached hydrogens (primary N) is 2. The number of nitrogens with one attached hydrogen (secondary N) is 7. The third-order valence-electron chi connectivity index (χ3n) is 11.3. The number of aliphatic carboxylic acids is 2. The summed E-state index contributed by atoms with van der Waals surface area (Å²) in [6.07, 6.45) is 4.09. The van der Waals surface area contributed by atoms with Gasteiger partial charge in [0.25, 0.3) is 5.91 Å². The lowest BCUT2D eigenvalue weighted by molar-refractivity contribution is -0.148. The van der Waals surface area contributed by atoms with E-state index >= 15 is 0 Å². The monoisotopic (exact) mass is 1010 g/mol. The number of amides is 7. The van der Waals surface area contributed by atoms with Crippen LogP contribution in [-0.4, -0.2) is 124 Å². The number of hydrogen-bond acceptors (Lipinski definition) is 12. The summed E-state index contributed by atoms with van der Waals surface area (Å²) < 4.78 is 5.67. The van der Waals surface area contributed by atoms with Gasteiger partial charge >= 0.3 is 17.9 Å². The van der Waals surface area contributed by atoms with E-state index in [0.29, 0.717) is 12.0 Å². The van der Waals surface area contributed by atoms with Crippen molar-refractivity contribution in [3.63, 3.8) is 0 Å². The molecule has 13 N–H and O–H groups in total. The first-order chi connectivity index (χ1) is 33.8. The van der Waals surface area contributed by atoms with Crippen molar-refractivity contribution in [3.8, 4) is 0 Å². The van der Waals surface area contributed by atoms with E-state index in [4.69, 9.17) is 16.2 Å². The molecule has 0 bridgehead atoms. The van der Waals surface area contributed by atoms with Gasteiger partial charge < -0.3 is 63.6 Å². The molecule has 23 nitrogen and oxygen atoms in total. The molecular formula is C49H72N10O13. The first-order valence-corrected chi connectivity index (χ1v) is 23.7. The highest BCUT2D eigenvalue weighted by Gasteiger charge is 2.34. The first kappa shape index (κ1) is 60.5. The van der Waals surface area contributed by atoms with Crippen LogP contribution in [0.4, 0.5) is 0 Å². The lowest BCUT2D eigenvalue weighted by Gasteiger charge is -2.27. The summed E-state index contributed by atoms with van der Waals surface area (Å²) in [6.45, 7) is 12.5. The zero-order valence-electron chi connectivity index (χ0n) is 42.1. The van der Waals surface area contributed by atoms with E-state index in [1.807, 2.05) is 43.3 Å². The fraction of sp³-hybridized carbons (Fsp3) is 0.531.